The van der Waals surface area contributed by atoms with Gasteiger partial charge in [-0.05, 0) is 19.8 Å². The summed E-state index contributed by atoms with van der Waals surface area (Å²) in [6.45, 7) is 10.2. The minimum absolute atomic E-state index is 0.135. The van der Waals surface area contributed by atoms with Gasteiger partial charge in [0.15, 0.2) is 0 Å². The molecule has 1 rings (SSSR count). The predicted octanol–water partition coefficient (Wildman–Crippen LogP) is 1.06. The molecule has 1 saturated heterocycles. The average Bonchev–Trinajstić information content (AvgIpc) is 2.37. The van der Waals surface area contributed by atoms with Crippen molar-refractivity contribution in [2.75, 3.05) is 26.2 Å². The molecule has 1 aliphatic rings. The Morgan fingerprint density at radius 1 is 1.24 bits per heavy atom. The van der Waals surface area contributed by atoms with Gasteiger partial charge in [0.25, 0.3) is 0 Å². The van der Waals surface area contributed by atoms with Crippen LogP contribution in [0.3, 0.4) is 0 Å². The van der Waals surface area contributed by atoms with Crippen molar-refractivity contribution < 1.29 is 4.79 Å². The molecule has 1 amide bonds. The summed E-state index contributed by atoms with van der Waals surface area (Å²) >= 11 is 0. The molecular weight excluding hydrogens is 214 g/mol. The molecule has 0 aromatic rings. The van der Waals surface area contributed by atoms with Crippen molar-refractivity contribution in [3.05, 3.63) is 0 Å². The van der Waals surface area contributed by atoms with Gasteiger partial charge >= 0.3 is 0 Å². The van der Waals surface area contributed by atoms with Gasteiger partial charge in [0, 0.05) is 32.2 Å². The van der Waals surface area contributed by atoms with Crippen LogP contribution in [0.4, 0.5) is 0 Å². The van der Waals surface area contributed by atoms with Crippen LogP contribution in [0, 0.1) is 0 Å². The second-order valence-electron chi connectivity index (χ2n) is 5.01. The van der Waals surface area contributed by atoms with Crippen LogP contribution in [0.25, 0.3) is 0 Å². The predicted molar refractivity (Wildman–Crippen MR) is 70.8 cm³/mol. The van der Waals surface area contributed by atoms with Gasteiger partial charge < -0.3 is 10.6 Å². The van der Waals surface area contributed by atoms with Crippen LogP contribution in [0.5, 0.6) is 0 Å². The lowest BCUT2D eigenvalue weighted by atomic mass is 10.1. The summed E-state index contributed by atoms with van der Waals surface area (Å²) in [5.74, 6) is 0.135. The van der Waals surface area contributed by atoms with E-state index in [0.29, 0.717) is 6.04 Å². The van der Waals surface area contributed by atoms with E-state index in [2.05, 4.69) is 25.7 Å². The van der Waals surface area contributed by atoms with E-state index in [1.807, 2.05) is 4.90 Å². The van der Waals surface area contributed by atoms with Crippen molar-refractivity contribution in [2.45, 2.75) is 52.1 Å². The summed E-state index contributed by atoms with van der Waals surface area (Å²) in [6, 6.07) is 0.326. The molecule has 4 nitrogen and oxygen atoms in total. The number of amides is 1. The van der Waals surface area contributed by atoms with Gasteiger partial charge in [-0.25, -0.2) is 0 Å². The molecule has 1 heterocycles. The minimum Gasteiger partial charge on any atom is -0.339 e. The van der Waals surface area contributed by atoms with Crippen molar-refractivity contribution in [1.82, 2.24) is 9.80 Å². The molecule has 0 aliphatic carbocycles. The van der Waals surface area contributed by atoms with Gasteiger partial charge in [0.05, 0.1) is 6.04 Å². The highest BCUT2D eigenvalue weighted by molar-refractivity contribution is 5.81. The van der Waals surface area contributed by atoms with Crippen LogP contribution in [-0.4, -0.2) is 54.0 Å². The topological polar surface area (TPSA) is 49.6 Å². The summed E-state index contributed by atoms with van der Waals surface area (Å²) in [7, 11) is 0. The summed E-state index contributed by atoms with van der Waals surface area (Å²) in [5.41, 5.74) is 5.87. The van der Waals surface area contributed by atoms with Gasteiger partial charge in [-0.1, -0.05) is 20.3 Å². The number of carbonyl (C=O) groups excluding carboxylic acids is 1. The molecule has 1 aliphatic heterocycles. The lowest BCUT2D eigenvalue weighted by Gasteiger charge is -2.38. The molecule has 1 fully saturated rings. The van der Waals surface area contributed by atoms with Crippen molar-refractivity contribution in [3.63, 3.8) is 0 Å². The van der Waals surface area contributed by atoms with Gasteiger partial charge in [-0.3, -0.25) is 9.69 Å². The molecule has 2 atom stereocenters. The fraction of sp³-hybridized carbons (Fsp3) is 0.923. The van der Waals surface area contributed by atoms with Gasteiger partial charge in [-0.15, -0.1) is 0 Å². The molecule has 17 heavy (non-hydrogen) atoms. The van der Waals surface area contributed by atoms with Crippen molar-refractivity contribution in [1.29, 1.82) is 0 Å². The molecule has 0 spiro atoms. The van der Waals surface area contributed by atoms with Gasteiger partial charge in [0.2, 0.25) is 5.91 Å². The second-order valence-corrected chi connectivity index (χ2v) is 5.01. The molecule has 1 unspecified atom stereocenters. The maximum atomic E-state index is 12.0. The van der Waals surface area contributed by atoms with Crippen molar-refractivity contribution >= 4 is 5.91 Å². The van der Waals surface area contributed by atoms with E-state index in [-0.39, 0.29) is 11.9 Å². The highest BCUT2D eigenvalue weighted by Gasteiger charge is 2.25. The molecule has 0 aromatic heterocycles. The van der Waals surface area contributed by atoms with Gasteiger partial charge in [-0.2, -0.15) is 0 Å². The summed E-state index contributed by atoms with van der Waals surface area (Å²) in [5, 5.41) is 0. The van der Waals surface area contributed by atoms with Crippen LogP contribution in [-0.2, 0) is 4.79 Å². The van der Waals surface area contributed by atoms with E-state index in [4.69, 9.17) is 5.73 Å². The lowest BCUT2D eigenvalue weighted by Crippen LogP contribution is -2.54. The van der Waals surface area contributed by atoms with E-state index < -0.39 is 0 Å². The molecule has 100 valence electrons. The van der Waals surface area contributed by atoms with E-state index in [1.165, 1.54) is 6.42 Å². The number of nitrogens with zero attached hydrogens (tertiary/aromatic N) is 2. The average molecular weight is 241 g/mol. The molecular formula is C13H27N3O. The molecule has 0 aromatic carbocycles. The quantitative estimate of drug-likeness (QED) is 0.783. The maximum Gasteiger partial charge on any atom is 0.239 e. The zero-order valence-corrected chi connectivity index (χ0v) is 11.5. The second kappa shape index (κ2) is 6.97. The minimum atomic E-state index is -0.296. The first-order chi connectivity index (χ1) is 8.10. The highest BCUT2D eigenvalue weighted by Crippen LogP contribution is 2.10. The molecule has 2 N–H and O–H groups in total. The van der Waals surface area contributed by atoms with E-state index >= 15 is 0 Å². The van der Waals surface area contributed by atoms with Crippen LogP contribution in [0.1, 0.15) is 40.0 Å². The first kappa shape index (κ1) is 14.5. The fourth-order valence-corrected chi connectivity index (χ4v) is 2.31. The first-order valence-electron chi connectivity index (χ1n) is 6.88. The Balaban J connectivity index is 2.38. The molecule has 0 bridgehead atoms. The number of rotatable bonds is 5. The number of hydrogen-bond donors (Lipinski definition) is 1. The maximum absolute atomic E-state index is 12.0. The monoisotopic (exact) mass is 241 g/mol. The lowest BCUT2D eigenvalue weighted by molar-refractivity contribution is -0.134. The summed E-state index contributed by atoms with van der Waals surface area (Å²) < 4.78 is 0. The molecule has 0 radical (unpaired) electrons. The number of carbonyl (C=O) groups is 1. The highest BCUT2D eigenvalue weighted by atomic mass is 16.2. The van der Waals surface area contributed by atoms with Crippen LogP contribution >= 0.6 is 0 Å². The fourth-order valence-electron chi connectivity index (χ4n) is 2.31. The third-order valence-corrected chi connectivity index (χ3v) is 3.76. The third kappa shape index (κ3) is 3.96. The van der Waals surface area contributed by atoms with Crippen molar-refractivity contribution in [2.24, 2.45) is 5.73 Å². The third-order valence-electron chi connectivity index (χ3n) is 3.76. The Morgan fingerprint density at radius 2 is 1.82 bits per heavy atom. The van der Waals surface area contributed by atoms with Crippen LogP contribution in [0.2, 0.25) is 0 Å². The Kier molecular flexibility index (Phi) is 5.92. The Hall–Kier alpha value is -0.610. The van der Waals surface area contributed by atoms with Crippen LogP contribution in [0.15, 0.2) is 0 Å². The zero-order valence-electron chi connectivity index (χ0n) is 11.5. The van der Waals surface area contributed by atoms with E-state index in [9.17, 15) is 4.79 Å². The Labute approximate surface area is 105 Å². The van der Waals surface area contributed by atoms with Crippen LogP contribution < -0.4 is 5.73 Å². The number of hydrogen-bond acceptors (Lipinski definition) is 3. The van der Waals surface area contributed by atoms with Crippen molar-refractivity contribution in [3.8, 4) is 0 Å². The zero-order chi connectivity index (χ0) is 12.8. The molecule has 4 heteroatoms. The van der Waals surface area contributed by atoms with E-state index in [0.717, 1.165) is 39.0 Å². The van der Waals surface area contributed by atoms with E-state index in [1.54, 1.807) is 0 Å². The number of piperazine rings is 1. The van der Waals surface area contributed by atoms with Gasteiger partial charge in [0.1, 0.15) is 0 Å². The number of nitrogens with two attached hydrogens (primary N) is 1. The Bertz CT molecular complexity index is 237. The standard InChI is InChI=1S/C13H27N3O/c1-4-6-12(14)13(17)16-9-7-15(8-10-16)11(3)5-2/h11-12H,4-10,14H2,1-3H3/t11?,12-/m1/s1. The largest absolute Gasteiger partial charge is 0.339 e. The summed E-state index contributed by atoms with van der Waals surface area (Å²) in [6.07, 6.45) is 2.94. The first-order valence-corrected chi connectivity index (χ1v) is 6.88. The SMILES string of the molecule is CCC[C@@H](N)C(=O)N1CCN(C(C)CC)CC1. The Morgan fingerprint density at radius 3 is 2.29 bits per heavy atom. The smallest absolute Gasteiger partial charge is 0.239 e. The summed E-state index contributed by atoms with van der Waals surface area (Å²) in [4.78, 5) is 16.4. The normalized spacial score (nSPS) is 21.3. The molecule has 0 saturated carbocycles.